The van der Waals surface area contributed by atoms with Crippen molar-refractivity contribution in [1.29, 1.82) is 0 Å². The lowest BCUT2D eigenvalue weighted by molar-refractivity contribution is 0.0951. The molecule has 0 aromatic heterocycles. The van der Waals surface area contributed by atoms with Gasteiger partial charge < -0.3 is 10.1 Å². The summed E-state index contributed by atoms with van der Waals surface area (Å²) in [6.07, 6.45) is 2.73. The summed E-state index contributed by atoms with van der Waals surface area (Å²) < 4.78 is 32.3. The number of ether oxygens (including phenoxy) is 1. The van der Waals surface area contributed by atoms with Crippen LogP contribution in [0, 0.1) is 0 Å². The zero-order valence-corrected chi connectivity index (χ0v) is 17.2. The number of halogens is 1. The Balaban J connectivity index is 1.75. The first kappa shape index (κ1) is 20.6. The summed E-state index contributed by atoms with van der Waals surface area (Å²) in [4.78, 5) is 12.7. The van der Waals surface area contributed by atoms with Gasteiger partial charge in [-0.3, -0.25) is 4.79 Å². The average Bonchev–Trinajstić information content (AvgIpc) is 2.73. The molecule has 0 aliphatic carbocycles. The lowest BCUT2D eigenvalue weighted by Crippen LogP contribution is -2.35. The minimum absolute atomic E-state index is 0.0911. The molecule has 0 radical (unpaired) electrons. The van der Waals surface area contributed by atoms with Gasteiger partial charge in [-0.2, -0.15) is 4.31 Å². The second-order valence-corrected chi connectivity index (χ2v) is 8.98. The number of carbonyl (C=O) groups excluding carboxylic acids is 1. The number of benzene rings is 2. The van der Waals surface area contributed by atoms with E-state index >= 15 is 0 Å². The van der Waals surface area contributed by atoms with Crippen LogP contribution in [-0.4, -0.2) is 38.8 Å². The van der Waals surface area contributed by atoms with Crippen molar-refractivity contribution in [2.45, 2.75) is 30.7 Å². The minimum atomic E-state index is -3.63. The van der Waals surface area contributed by atoms with Crippen LogP contribution in [0.15, 0.2) is 47.4 Å². The molecule has 1 saturated heterocycles. The third kappa shape index (κ3) is 4.66. The molecule has 1 aliphatic heterocycles. The third-order valence-corrected chi connectivity index (χ3v) is 6.97. The minimum Gasteiger partial charge on any atom is -0.497 e. The molecule has 2 aromatic rings. The molecule has 0 saturated carbocycles. The van der Waals surface area contributed by atoms with Crippen LogP contribution in [-0.2, 0) is 16.6 Å². The summed E-state index contributed by atoms with van der Waals surface area (Å²) in [6.45, 7) is 1.30. The van der Waals surface area contributed by atoms with Gasteiger partial charge in [-0.15, -0.1) is 0 Å². The number of nitrogens with one attached hydrogen (secondary N) is 1. The van der Waals surface area contributed by atoms with Gasteiger partial charge >= 0.3 is 0 Å². The Morgan fingerprint density at radius 3 is 2.43 bits per heavy atom. The zero-order chi connectivity index (χ0) is 20.1. The summed E-state index contributed by atoms with van der Waals surface area (Å²) >= 11 is 6.16. The number of methoxy groups -OCH3 is 1. The molecule has 0 unspecified atom stereocenters. The summed E-state index contributed by atoms with van der Waals surface area (Å²) in [5.74, 6) is 0.310. The Kier molecular flexibility index (Phi) is 6.59. The Morgan fingerprint density at radius 2 is 1.79 bits per heavy atom. The highest BCUT2D eigenvalue weighted by Crippen LogP contribution is 2.25. The highest BCUT2D eigenvalue weighted by Gasteiger charge is 2.27. The molecule has 0 bridgehead atoms. The highest BCUT2D eigenvalue weighted by molar-refractivity contribution is 7.89. The monoisotopic (exact) mass is 422 g/mol. The molecule has 8 heteroatoms. The van der Waals surface area contributed by atoms with E-state index in [-0.39, 0.29) is 15.5 Å². The summed E-state index contributed by atoms with van der Waals surface area (Å²) in [6, 6.07) is 11.6. The molecule has 0 atom stereocenters. The van der Waals surface area contributed by atoms with Crippen molar-refractivity contribution in [2.24, 2.45) is 0 Å². The van der Waals surface area contributed by atoms with Crippen molar-refractivity contribution >= 4 is 27.5 Å². The number of nitrogens with zero attached hydrogens (tertiary/aromatic N) is 1. The number of sulfonamides is 1. The topological polar surface area (TPSA) is 75.7 Å². The van der Waals surface area contributed by atoms with E-state index in [9.17, 15) is 13.2 Å². The number of amides is 1. The number of hydrogen-bond acceptors (Lipinski definition) is 4. The van der Waals surface area contributed by atoms with E-state index in [1.54, 1.807) is 19.2 Å². The van der Waals surface area contributed by atoms with Crippen molar-refractivity contribution in [3.05, 3.63) is 58.6 Å². The van der Waals surface area contributed by atoms with Crippen LogP contribution in [0.25, 0.3) is 0 Å². The Hall–Kier alpha value is -2.09. The molecule has 6 nitrogen and oxygen atoms in total. The first-order valence-corrected chi connectivity index (χ1v) is 10.9. The third-order valence-electron chi connectivity index (χ3n) is 4.75. The van der Waals surface area contributed by atoms with Crippen LogP contribution >= 0.6 is 11.6 Å². The fourth-order valence-electron chi connectivity index (χ4n) is 3.11. The van der Waals surface area contributed by atoms with E-state index in [1.807, 2.05) is 12.1 Å². The number of hydrogen-bond donors (Lipinski definition) is 1. The summed E-state index contributed by atoms with van der Waals surface area (Å²) in [7, 11) is -2.04. The van der Waals surface area contributed by atoms with E-state index in [0.29, 0.717) is 19.6 Å². The molecule has 150 valence electrons. The van der Waals surface area contributed by atoms with Crippen LogP contribution in [0.4, 0.5) is 0 Å². The Morgan fingerprint density at radius 1 is 1.11 bits per heavy atom. The SMILES string of the molecule is COc1ccc(CNC(=O)c2cc(S(=O)(=O)N3CCCCC3)ccc2Cl)cc1. The van der Waals surface area contributed by atoms with Crippen molar-refractivity contribution in [3.8, 4) is 5.75 Å². The van der Waals surface area contributed by atoms with E-state index in [0.717, 1.165) is 30.6 Å². The van der Waals surface area contributed by atoms with Gasteiger partial charge in [-0.1, -0.05) is 30.2 Å². The van der Waals surface area contributed by atoms with Gasteiger partial charge in [0.15, 0.2) is 0 Å². The van der Waals surface area contributed by atoms with E-state index < -0.39 is 15.9 Å². The molecular weight excluding hydrogens is 400 g/mol. The van der Waals surface area contributed by atoms with E-state index in [4.69, 9.17) is 16.3 Å². The van der Waals surface area contributed by atoms with Gasteiger partial charge in [-0.05, 0) is 48.7 Å². The number of rotatable bonds is 6. The zero-order valence-electron chi connectivity index (χ0n) is 15.7. The molecule has 3 rings (SSSR count). The molecule has 0 spiro atoms. The molecule has 1 fully saturated rings. The Labute approximate surface area is 170 Å². The second-order valence-electron chi connectivity index (χ2n) is 6.64. The number of piperidine rings is 1. The Bertz CT molecular complexity index is 939. The van der Waals surface area contributed by atoms with Crippen LogP contribution in [0.1, 0.15) is 35.2 Å². The van der Waals surface area contributed by atoms with Crippen molar-refractivity contribution in [1.82, 2.24) is 9.62 Å². The van der Waals surface area contributed by atoms with Gasteiger partial charge in [0.1, 0.15) is 5.75 Å². The highest BCUT2D eigenvalue weighted by atomic mass is 35.5. The van der Waals surface area contributed by atoms with E-state index in [2.05, 4.69) is 5.32 Å². The maximum absolute atomic E-state index is 12.9. The van der Waals surface area contributed by atoms with Crippen molar-refractivity contribution in [2.75, 3.05) is 20.2 Å². The van der Waals surface area contributed by atoms with Crippen LogP contribution < -0.4 is 10.1 Å². The van der Waals surface area contributed by atoms with Crippen molar-refractivity contribution < 1.29 is 17.9 Å². The molecule has 1 N–H and O–H groups in total. The van der Waals surface area contributed by atoms with Gasteiger partial charge in [0, 0.05) is 19.6 Å². The molecule has 28 heavy (non-hydrogen) atoms. The standard InChI is InChI=1S/C20H23ClN2O4S/c1-27-16-7-5-15(6-8-16)14-22-20(24)18-13-17(9-10-19(18)21)28(25,26)23-11-3-2-4-12-23/h5-10,13H,2-4,11-12,14H2,1H3,(H,22,24). The maximum Gasteiger partial charge on any atom is 0.253 e. The predicted molar refractivity (Wildman–Crippen MR) is 108 cm³/mol. The lowest BCUT2D eigenvalue weighted by Gasteiger charge is -2.26. The summed E-state index contributed by atoms with van der Waals surface area (Å²) in [5, 5.41) is 2.99. The maximum atomic E-state index is 12.9. The fraction of sp³-hybridized carbons (Fsp3) is 0.350. The fourth-order valence-corrected chi connectivity index (χ4v) is 4.86. The predicted octanol–water partition coefficient (Wildman–Crippen LogP) is 3.45. The second kappa shape index (κ2) is 8.94. The molecule has 1 amide bonds. The smallest absolute Gasteiger partial charge is 0.253 e. The molecular formula is C20H23ClN2O4S. The average molecular weight is 423 g/mol. The van der Waals surface area contributed by atoms with Gasteiger partial charge in [-0.25, -0.2) is 8.42 Å². The summed E-state index contributed by atoms with van der Waals surface area (Å²) in [5.41, 5.74) is 1.04. The van der Waals surface area contributed by atoms with Gasteiger partial charge in [0.05, 0.1) is 22.6 Å². The first-order chi connectivity index (χ1) is 13.4. The number of carbonyl (C=O) groups is 1. The van der Waals surface area contributed by atoms with Gasteiger partial charge in [0.2, 0.25) is 10.0 Å². The normalized spacial score (nSPS) is 15.2. The molecule has 1 aliphatic rings. The van der Waals surface area contributed by atoms with Crippen LogP contribution in [0.3, 0.4) is 0 Å². The van der Waals surface area contributed by atoms with Crippen LogP contribution in [0.5, 0.6) is 5.75 Å². The van der Waals surface area contributed by atoms with E-state index in [1.165, 1.54) is 22.5 Å². The molecule has 2 aromatic carbocycles. The quantitative estimate of drug-likeness (QED) is 0.773. The first-order valence-electron chi connectivity index (χ1n) is 9.12. The van der Waals surface area contributed by atoms with Crippen LogP contribution in [0.2, 0.25) is 5.02 Å². The molecule has 1 heterocycles. The largest absolute Gasteiger partial charge is 0.497 e. The van der Waals surface area contributed by atoms with Gasteiger partial charge in [0.25, 0.3) is 5.91 Å². The lowest BCUT2D eigenvalue weighted by atomic mass is 10.2. The van der Waals surface area contributed by atoms with Crippen molar-refractivity contribution in [3.63, 3.8) is 0 Å².